The van der Waals surface area contributed by atoms with Crippen LogP contribution in [0.5, 0.6) is 0 Å². The van der Waals surface area contributed by atoms with Gasteiger partial charge in [-0.25, -0.2) is 0 Å². The molecular formula is C57H52IrN2O-2. The molecule has 3 heterocycles. The van der Waals surface area contributed by atoms with Crippen LogP contribution in [-0.2, 0) is 26.5 Å². The number of nitrogens with zero attached hydrogens (tertiary/aromatic N) is 2. The van der Waals surface area contributed by atoms with Crippen LogP contribution in [0.3, 0.4) is 0 Å². The van der Waals surface area contributed by atoms with Gasteiger partial charge in [-0.15, -0.1) is 47.5 Å². The Hall–Kier alpha value is -5.93. The summed E-state index contributed by atoms with van der Waals surface area (Å²) in [6.07, 6.45) is 0.670. The predicted molar refractivity (Wildman–Crippen MR) is 252 cm³/mol. The molecule has 0 aliphatic heterocycles. The fraction of sp³-hybridized carbons (Fsp3) is 0.193. The number of pyridine rings is 2. The van der Waals surface area contributed by atoms with E-state index >= 15 is 0 Å². The summed E-state index contributed by atoms with van der Waals surface area (Å²) in [4.78, 5) is 8.63. The van der Waals surface area contributed by atoms with E-state index in [0.29, 0.717) is 38.7 Å². The molecule has 9 rings (SSSR count). The maximum absolute atomic E-state index is 8.65. The number of para-hydroxylation sites is 1. The van der Waals surface area contributed by atoms with Crippen molar-refractivity contribution in [2.45, 2.75) is 68.3 Å². The molecule has 0 spiro atoms. The molecule has 0 amide bonds. The van der Waals surface area contributed by atoms with E-state index in [1.54, 1.807) is 81.4 Å². The molecule has 0 N–H and O–H groups in total. The Bertz CT molecular complexity index is 3740. The van der Waals surface area contributed by atoms with E-state index in [2.05, 4.69) is 22.1 Å². The van der Waals surface area contributed by atoms with E-state index in [-0.39, 0.29) is 92.6 Å². The second-order valence-corrected chi connectivity index (χ2v) is 15.4. The first-order valence-corrected chi connectivity index (χ1v) is 19.1. The molecule has 61 heavy (non-hydrogen) atoms. The zero-order valence-corrected chi connectivity index (χ0v) is 35.8. The number of hydrogen-bond acceptors (Lipinski definition) is 3. The maximum Gasteiger partial charge on any atom is 0.123 e. The summed E-state index contributed by atoms with van der Waals surface area (Å²) in [6, 6.07) is 39.6. The number of rotatable bonds is 6. The average molecular weight is 993 g/mol. The number of fused-ring (bicyclic) bond motifs is 3. The first kappa shape index (κ1) is 24.5. The fourth-order valence-electron chi connectivity index (χ4n) is 7.05. The van der Waals surface area contributed by atoms with Gasteiger partial charge >= 0.3 is 0 Å². The molecule has 4 heteroatoms. The van der Waals surface area contributed by atoms with Crippen molar-refractivity contribution in [3.63, 3.8) is 0 Å². The Labute approximate surface area is 403 Å². The largest absolute Gasteiger partial charge is 0.500 e. The van der Waals surface area contributed by atoms with Gasteiger partial charge in [-0.05, 0) is 119 Å². The molecule has 0 fully saturated rings. The molecule has 307 valence electrons. The standard InChI is InChI=1S/C38H36NO.C19H16N.Ir/c1-23-10-8-11-29-30-12-9-13-31(37(30)40-36(23)29)35-20-34(26(4)22-39-35)33-19-24(2)32(18-25(33)3)28-16-14-27(15-17-28)21-38(5,6)7;1-14-8-11-19(20-13-14)17-10-9-15(2)18(12-17)16-6-4-3-5-7-16;/h8-12,14-20,22H,21H2,1-7H3;3-9,11-13H,1-2H3;/q2*-1;/i1D3,2D3,3D3,4D3,21D2;1D3,2D3;. The van der Waals surface area contributed by atoms with Gasteiger partial charge in [0.2, 0.25) is 0 Å². The summed E-state index contributed by atoms with van der Waals surface area (Å²) >= 11 is 0. The smallest absolute Gasteiger partial charge is 0.123 e. The predicted octanol–water partition coefficient (Wildman–Crippen LogP) is 15.4. The summed E-state index contributed by atoms with van der Waals surface area (Å²) < 4.78 is 169. The van der Waals surface area contributed by atoms with E-state index in [9.17, 15) is 0 Å². The molecular weight excluding hydrogens is 921 g/mol. The Morgan fingerprint density at radius 2 is 1.26 bits per heavy atom. The monoisotopic (exact) mass is 993 g/mol. The van der Waals surface area contributed by atoms with Crippen molar-refractivity contribution in [3.8, 4) is 55.9 Å². The molecule has 0 aliphatic carbocycles. The normalized spacial score (nSPS) is 17.6. The van der Waals surface area contributed by atoms with E-state index in [1.807, 2.05) is 30.3 Å². The van der Waals surface area contributed by atoms with Gasteiger partial charge in [-0.2, -0.15) is 0 Å². The number of aryl methyl sites for hydroxylation is 6. The number of aromatic nitrogens is 2. The van der Waals surface area contributed by atoms with Crippen LogP contribution in [0.2, 0.25) is 0 Å². The molecule has 0 unspecified atom stereocenters. The minimum Gasteiger partial charge on any atom is -0.500 e. The average Bonchev–Trinajstić information content (AvgIpc) is 4.07. The molecule has 0 bridgehead atoms. The summed E-state index contributed by atoms with van der Waals surface area (Å²) in [7, 11) is 0. The van der Waals surface area contributed by atoms with E-state index in [1.165, 1.54) is 42.6 Å². The molecule has 6 aromatic carbocycles. The SMILES string of the molecule is [2H]C([2H])([2H])c1cc(-c2cc(-c3[c-]ccc4c3oc3c(C([2H])([2H])[2H])cccc34)ncc2C([2H])([2H])[2H])c(C([2H])([2H])[2H])cc1-c1ccc(C([2H])([2H])C(C)(C)C)cc1.[2H]C([2H])([2H])c1ccc(-c2[c-]cc(C([2H])([2H])[2H])c(-c3ccccc3)c2)nc1.[Ir]. The van der Waals surface area contributed by atoms with Crippen LogP contribution in [-0.4, -0.2) is 9.97 Å². The van der Waals surface area contributed by atoms with Crippen LogP contribution >= 0.6 is 0 Å². The van der Waals surface area contributed by atoms with Crippen LogP contribution in [0.25, 0.3) is 77.8 Å². The quantitative estimate of drug-likeness (QED) is 0.156. The zero-order valence-electron chi connectivity index (χ0n) is 53.4. The third-order valence-corrected chi connectivity index (χ3v) is 9.86. The van der Waals surface area contributed by atoms with E-state index < -0.39 is 52.9 Å². The van der Waals surface area contributed by atoms with Crippen LogP contribution in [0.1, 0.15) is 87.1 Å². The molecule has 1 radical (unpaired) electrons. The first-order chi connectivity index (χ1) is 36.9. The van der Waals surface area contributed by atoms with Gasteiger partial charge in [-0.1, -0.05) is 147 Å². The molecule has 0 saturated carbocycles. The van der Waals surface area contributed by atoms with Crippen molar-refractivity contribution < 1.29 is 51.9 Å². The van der Waals surface area contributed by atoms with Gasteiger partial charge in [0.1, 0.15) is 5.58 Å². The van der Waals surface area contributed by atoms with E-state index in [0.717, 1.165) is 11.8 Å². The van der Waals surface area contributed by atoms with Gasteiger partial charge in [0, 0.05) is 65.3 Å². The second kappa shape index (κ2) is 18.0. The van der Waals surface area contributed by atoms with Gasteiger partial charge in [0.25, 0.3) is 0 Å². The fourth-order valence-corrected chi connectivity index (χ4v) is 7.05. The molecule has 9 aromatic rings. The third-order valence-electron chi connectivity index (χ3n) is 9.86. The summed E-state index contributed by atoms with van der Waals surface area (Å²) in [5, 5.41) is 1.07. The van der Waals surface area contributed by atoms with Gasteiger partial charge in [0.15, 0.2) is 0 Å². The minimum absolute atomic E-state index is 0. The van der Waals surface area contributed by atoms with Crippen molar-refractivity contribution >= 4 is 21.9 Å². The Morgan fingerprint density at radius 3 is 1.98 bits per heavy atom. The molecule has 0 aliphatic rings. The molecule has 3 nitrogen and oxygen atoms in total. The maximum atomic E-state index is 8.65. The van der Waals surface area contributed by atoms with Crippen molar-refractivity contribution in [2.75, 3.05) is 0 Å². The van der Waals surface area contributed by atoms with Crippen LogP contribution in [0.15, 0.2) is 144 Å². The summed E-state index contributed by atoms with van der Waals surface area (Å²) in [6.45, 7) is -10.1. The summed E-state index contributed by atoms with van der Waals surface area (Å²) in [5.41, 5.74) is 2.49. The minimum atomic E-state index is -2.85. The number of benzene rings is 6. The Kier molecular flexibility index (Phi) is 7.21. The second-order valence-electron chi connectivity index (χ2n) is 15.4. The topological polar surface area (TPSA) is 38.9 Å². The van der Waals surface area contributed by atoms with Crippen molar-refractivity contribution in [1.29, 1.82) is 0 Å². The molecule has 3 aromatic heterocycles. The molecule has 0 saturated heterocycles. The van der Waals surface area contributed by atoms with Crippen molar-refractivity contribution in [3.05, 3.63) is 191 Å². The molecule has 0 atom stereocenters. The Morgan fingerprint density at radius 1 is 0.574 bits per heavy atom. The van der Waals surface area contributed by atoms with Crippen molar-refractivity contribution in [2.24, 2.45) is 5.41 Å². The first-order valence-electron chi connectivity index (χ1n) is 29.1. The number of furan rings is 1. The van der Waals surface area contributed by atoms with Crippen molar-refractivity contribution in [1.82, 2.24) is 9.97 Å². The zero-order chi connectivity index (χ0) is 58.9. The van der Waals surface area contributed by atoms with E-state index in [4.69, 9.17) is 31.8 Å². The van der Waals surface area contributed by atoms with Crippen LogP contribution in [0, 0.1) is 58.7 Å². The Balaban J connectivity index is 0.000000293. The number of hydrogen-bond donors (Lipinski definition) is 0. The van der Waals surface area contributed by atoms with Crippen LogP contribution in [0.4, 0.5) is 0 Å². The summed E-state index contributed by atoms with van der Waals surface area (Å²) in [5.74, 6) is 0. The van der Waals surface area contributed by atoms with Gasteiger partial charge in [0.05, 0.1) is 5.58 Å². The van der Waals surface area contributed by atoms with Crippen LogP contribution < -0.4 is 0 Å². The third kappa shape index (κ3) is 9.37. The van der Waals surface area contributed by atoms with Gasteiger partial charge < -0.3 is 14.4 Å². The van der Waals surface area contributed by atoms with Gasteiger partial charge in [-0.3, -0.25) is 0 Å².